The predicted octanol–water partition coefficient (Wildman–Crippen LogP) is 4.39. The molecule has 0 radical (unpaired) electrons. The van der Waals surface area contributed by atoms with Crippen LogP contribution in [0.2, 0.25) is 0 Å². The maximum absolute atomic E-state index is 13.4. The van der Waals surface area contributed by atoms with Crippen LogP contribution >= 0.6 is 23.2 Å². The predicted molar refractivity (Wildman–Crippen MR) is 144 cm³/mol. The Bertz CT molecular complexity index is 1410. The van der Waals surface area contributed by atoms with Crippen LogP contribution in [0.4, 0.5) is 0 Å². The van der Waals surface area contributed by atoms with Crippen molar-refractivity contribution in [1.29, 1.82) is 0 Å². The molecule has 4 fully saturated rings. The molecule has 0 spiro atoms. The van der Waals surface area contributed by atoms with Gasteiger partial charge in [-0.1, -0.05) is 61.3 Å². The molecule has 0 saturated heterocycles. The minimum absolute atomic E-state index is 0.134. The third-order valence-corrected chi connectivity index (χ3v) is 12.4. The summed E-state index contributed by atoms with van der Waals surface area (Å²) in [5.74, 6) is -2.87. The molecule has 0 aliphatic heterocycles. The first-order valence-electron chi connectivity index (χ1n) is 12.3. The summed E-state index contributed by atoms with van der Waals surface area (Å²) in [5.41, 5.74) is -1.15. The van der Waals surface area contributed by atoms with Crippen molar-refractivity contribution >= 4 is 67.2 Å². The standard InChI is InChI=1S/C26H28Cl2O8S2/c1-23(2)19-7-9-24(23,13-37(31,32)33)21(29)17(19)11-15-3-5-16(6-4-15)12-18-20-8-10-25(22(18)30,26(20,27)28)14-38(34,35)36/h3-6,11-12,19-20H,7-10,13-14H2,1-2H3,(H,31,32,33)(H,34,35,36)/b17-11-,18-12-. The second-order valence-electron chi connectivity index (χ2n) is 11.7. The zero-order valence-corrected chi connectivity index (χ0v) is 23.9. The van der Waals surface area contributed by atoms with Gasteiger partial charge in [0.1, 0.15) is 4.33 Å². The highest BCUT2D eigenvalue weighted by Crippen LogP contribution is 2.67. The lowest BCUT2D eigenvalue weighted by Gasteiger charge is -2.34. The highest BCUT2D eigenvalue weighted by molar-refractivity contribution is 7.86. The highest BCUT2D eigenvalue weighted by atomic mass is 35.5. The average Bonchev–Trinajstić information content (AvgIpc) is 3.27. The lowest BCUT2D eigenvalue weighted by molar-refractivity contribution is -0.125. The zero-order valence-electron chi connectivity index (χ0n) is 20.8. The summed E-state index contributed by atoms with van der Waals surface area (Å²) >= 11 is 13.0. The maximum atomic E-state index is 13.4. The molecule has 0 heterocycles. The van der Waals surface area contributed by atoms with Gasteiger partial charge in [-0.05, 0) is 60.3 Å². The van der Waals surface area contributed by atoms with E-state index in [-0.39, 0.29) is 18.1 Å². The molecule has 1 aromatic rings. The van der Waals surface area contributed by atoms with E-state index >= 15 is 0 Å². The van der Waals surface area contributed by atoms with Crippen molar-refractivity contribution in [2.75, 3.05) is 11.5 Å². The van der Waals surface area contributed by atoms with Crippen molar-refractivity contribution in [3.05, 3.63) is 46.5 Å². The lowest BCUT2D eigenvalue weighted by Crippen LogP contribution is -2.43. The maximum Gasteiger partial charge on any atom is 0.265 e. The smallest absolute Gasteiger partial charge is 0.265 e. The summed E-state index contributed by atoms with van der Waals surface area (Å²) in [4.78, 5) is 26.7. The number of benzene rings is 1. The van der Waals surface area contributed by atoms with Crippen molar-refractivity contribution in [2.24, 2.45) is 28.1 Å². The van der Waals surface area contributed by atoms with Crippen molar-refractivity contribution < 1.29 is 35.5 Å². The summed E-state index contributed by atoms with van der Waals surface area (Å²) < 4.78 is 64.1. The van der Waals surface area contributed by atoms with Gasteiger partial charge in [-0.25, -0.2) is 0 Å². The van der Waals surface area contributed by atoms with E-state index < -0.39 is 64.0 Å². The van der Waals surface area contributed by atoms with Crippen LogP contribution in [0.5, 0.6) is 0 Å². The number of carbonyl (C=O) groups excluding carboxylic acids is 2. The molecular formula is C26H28Cl2O8S2. The summed E-state index contributed by atoms with van der Waals surface area (Å²) in [7, 11) is -8.85. The van der Waals surface area contributed by atoms with Gasteiger partial charge < -0.3 is 0 Å². The van der Waals surface area contributed by atoms with Crippen molar-refractivity contribution in [2.45, 2.75) is 43.9 Å². The molecule has 4 atom stereocenters. The minimum atomic E-state index is -4.50. The van der Waals surface area contributed by atoms with Gasteiger partial charge in [0, 0.05) is 17.1 Å². The van der Waals surface area contributed by atoms with Crippen LogP contribution < -0.4 is 0 Å². The summed E-state index contributed by atoms with van der Waals surface area (Å²) in [6, 6.07) is 7.02. The monoisotopic (exact) mass is 602 g/mol. The first kappa shape index (κ1) is 28.0. The van der Waals surface area contributed by atoms with Crippen molar-refractivity contribution in [3.8, 4) is 0 Å². The van der Waals surface area contributed by atoms with Crippen LogP contribution in [0.25, 0.3) is 12.2 Å². The number of halogens is 2. The quantitative estimate of drug-likeness (QED) is 0.277. The second-order valence-corrected chi connectivity index (χ2v) is 16.0. The van der Waals surface area contributed by atoms with E-state index in [0.29, 0.717) is 41.5 Å². The van der Waals surface area contributed by atoms with Crippen LogP contribution in [0, 0.1) is 28.1 Å². The summed E-state index contributed by atoms with van der Waals surface area (Å²) in [6.07, 6.45) is 5.01. The number of fused-ring (bicyclic) bond motifs is 4. The Morgan fingerprint density at radius 3 is 1.68 bits per heavy atom. The molecular weight excluding hydrogens is 575 g/mol. The third kappa shape index (κ3) is 3.97. The van der Waals surface area contributed by atoms with E-state index in [1.807, 2.05) is 13.8 Å². The van der Waals surface area contributed by atoms with Gasteiger partial charge in [-0.15, -0.1) is 0 Å². The van der Waals surface area contributed by atoms with E-state index in [9.17, 15) is 35.5 Å². The average molecular weight is 604 g/mol. The van der Waals surface area contributed by atoms with Gasteiger partial charge in [0.05, 0.1) is 22.3 Å². The van der Waals surface area contributed by atoms with Crippen LogP contribution in [0.3, 0.4) is 0 Å². The molecule has 4 aliphatic carbocycles. The first-order chi connectivity index (χ1) is 17.3. The van der Waals surface area contributed by atoms with Gasteiger partial charge in [0.2, 0.25) is 0 Å². The molecule has 4 saturated carbocycles. The van der Waals surface area contributed by atoms with Crippen molar-refractivity contribution in [1.82, 2.24) is 0 Å². The number of hydrogen-bond donors (Lipinski definition) is 2. The minimum Gasteiger partial charge on any atom is -0.294 e. The Labute approximate surface area is 232 Å². The SMILES string of the molecule is CC1(C)C2CCC1(CS(=O)(=O)O)C(=O)/C2=C\c1ccc(/C=C2\C(=O)C3(CS(=O)(=O)O)CCC2C3(Cl)Cl)cc1. The lowest BCUT2D eigenvalue weighted by atomic mass is 9.70. The Morgan fingerprint density at radius 1 is 0.789 bits per heavy atom. The molecule has 2 N–H and O–H groups in total. The molecule has 8 nitrogen and oxygen atoms in total. The first-order valence-corrected chi connectivity index (χ1v) is 16.2. The van der Waals surface area contributed by atoms with E-state index in [2.05, 4.69) is 0 Å². The highest BCUT2D eigenvalue weighted by Gasteiger charge is 2.71. The molecule has 4 unspecified atom stereocenters. The molecule has 0 aromatic heterocycles. The number of rotatable bonds is 6. The van der Waals surface area contributed by atoms with Crippen LogP contribution in [-0.4, -0.2) is 53.3 Å². The van der Waals surface area contributed by atoms with Gasteiger partial charge in [0.15, 0.2) is 11.6 Å². The fourth-order valence-electron chi connectivity index (χ4n) is 7.47. The number of ketones is 2. The van der Waals surface area contributed by atoms with Crippen LogP contribution in [-0.2, 0) is 29.8 Å². The second kappa shape index (κ2) is 8.47. The number of hydrogen-bond acceptors (Lipinski definition) is 6. The third-order valence-electron chi connectivity index (χ3n) is 9.48. The van der Waals surface area contributed by atoms with Gasteiger partial charge in [0.25, 0.3) is 20.2 Å². The molecule has 5 rings (SSSR count). The summed E-state index contributed by atoms with van der Waals surface area (Å²) in [6.45, 7) is 3.75. The molecule has 0 amide bonds. The van der Waals surface area contributed by atoms with Gasteiger partial charge >= 0.3 is 0 Å². The van der Waals surface area contributed by atoms with Crippen LogP contribution in [0.1, 0.15) is 50.7 Å². The Morgan fingerprint density at radius 2 is 1.18 bits per heavy atom. The summed E-state index contributed by atoms with van der Waals surface area (Å²) in [5, 5.41) is 0. The topological polar surface area (TPSA) is 143 Å². The van der Waals surface area contributed by atoms with Gasteiger partial charge in [-0.3, -0.25) is 18.7 Å². The Balaban J connectivity index is 1.44. The fourth-order valence-corrected chi connectivity index (χ4v) is 11.0. The Kier molecular flexibility index (Phi) is 6.24. The largest absolute Gasteiger partial charge is 0.294 e. The number of alkyl halides is 2. The number of carbonyl (C=O) groups is 2. The Hall–Kier alpha value is -1.56. The van der Waals surface area contributed by atoms with E-state index in [1.54, 1.807) is 36.4 Å². The van der Waals surface area contributed by atoms with E-state index in [4.69, 9.17) is 23.2 Å². The fraction of sp³-hybridized carbons (Fsp3) is 0.538. The number of allylic oxidation sites excluding steroid dienone is 2. The molecule has 38 heavy (non-hydrogen) atoms. The molecule has 206 valence electrons. The van der Waals surface area contributed by atoms with E-state index in [0.717, 1.165) is 0 Å². The zero-order chi connectivity index (χ0) is 28.1. The number of Topliss-reactive ketones (excluding diaryl/α,β-unsaturated/α-hetero) is 2. The van der Waals surface area contributed by atoms with Gasteiger partial charge in [-0.2, -0.15) is 16.8 Å². The molecule has 12 heteroatoms. The molecule has 1 aromatic carbocycles. The van der Waals surface area contributed by atoms with Crippen molar-refractivity contribution in [3.63, 3.8) is 0 Å². The molecule has 4 aliphatic rings. The van der Waals surface area contributed by atoms with Crippen LogP contribution in [0.15, 0.2) is 35.4 Å². The molecule has 4 bridgehead atoms. The van der Waals surface area contributed by atoms with E-state index in [1.165, 1.54) is 0 Å². The normalized spacial score (nSPS) is 35.6.